The Morgan fingerprint density at radius 3 is 2.29 bits per heavy atom. The summed E-state index contributed by atoms with van der Waals surface area (Å²) in [5.41, 5.74) is -5.22. The molecule has 17 heavy (non-hydrogen) atoms. The van der Waals surface area contributed by atoms with Gasteiger partial charge in [-0.2, -0.15) is 13.2 Å². The smallest absolute Gasteiger partial charge is 0.214 e. The third-order valence-corrected chi connectivity index (χ3v) is 3.81. The normalized spacial score (nSPS) is 14.6. The highest BCUT2D eigenvalue weighted by atomic mass is 35.5. The SMILES string of the molecule is CC(Cl)Cc1ccccc1S(=O)(=O)C(F)(F)F. The minimum Gasteiger partial charge on any atom is -0.214 e. The summed E-state index contributed by atoms with van der Waals surface area (Å²) in [6, 6.07) is 5.00. The van der Waals surface area contributed by atoms with Crippen LogP contribution in [0.1, 0.15) is 12.5 Å². The third kappa shape index (κ3) is 3.13. The molecule has 1 aromatic carbocycles. The summed E-state index contributed by atoms with van der Waals surface area (Å²) in [5, 5.41) is -0.445. The van der Waals surface area contributed by atoms with E-state index in [4.69, 9.17) is 11.6 Å². The summed E-state index contributed by atoms with van der Waals surface area (Å²) in [6.45, 7) is 1.58. The van der Waals surface area contributed by atoms with Gasteiger partial charge in [0.2, 0.25) is 0 Å². The van der Waals surface area contributed by atoms with Gasteiger partial charge in [-0.15, -0.1) is 11.6 Å². The van der Waals surface area contributed by atoms with Crippen molar-refractivity contribution in [3.63, 3.8) is 0 Å². The Morgan fingerprint density at radius 1 is 1.29 bits per heavy atom. The average Bonchev–Trinajstić information content (AvgIpc) is 2.15. The molecule has 0 saturated carbocycles. The first-order valence-corrected chi connectivity index (χ1v) is 6.61. The third-order valence-electron chi connectivity index (χ3n) is 2.07. The van der Waals surface area contributed by atoms with Crippen LogP contribution in [0.4, 0.5) is 13.2 Å². The Morgan fingerprint density at radius 2 is 1.82 bits per heavy atom. The number of alkyl halides is 4. The first-order chi connectivity index (χ1) is 7.66. The minimum atomic E-state index is -5.31. The van der Waals surface area contributed by atoms with E-state index in [0.29, 0.717) is 0 Å². The number of halogens is 4. The van der Waals surface area contributed by atoms with Crippen molar-refractivity contribution in [2.75, 3.05) is 0 Å². The molecule has 0 spiro atoms. The Balaban J connectivity index is 3.33. The van der Waals surface area contributed by atoms with E-state index in [1.807, 2.05) is 0 Å². The molecule has 1 aromatic rings. The van der Waals surface area contributed by atoms with Crippen LogP contribution in [0.15, 0.2) is 29.2 Å². The van der Waals surface area contributed by atoms with Gasteiger partial charge >= 0.3 is 5.51 Å². The summed E-state index contributed by atoms with van der Waals surface area (Å²) < 4.78 is 59.8. The molecule has 0 amide bonds. The molecular formula is C10H10ClF3O2S. The molecule has 0 aliphatic rings. The fourth-order valence-corrected chi connectivity index (χ4v) is 2.53. The Kier molecular flexibility index (Phi) is 4.09. The number of hydrogen-bond acceptors (Lipinski definition) is 2. The molecule has 1 rings (SSSR count). The van der Waals surface area contributed by atoms with E-state index >= 15 is 0 Å². The van der Waals surface area contributed by atoms with Gasteiger partial charge in [-0.1, -0.05) is 18.2 Å². The van der Waals surface area contributed by atoms with Crippen LogP contribution in [-0.2, 0) is 16.3 Å². The quantitative estimate of drug-likeness (QED) is 0.800. The van der Waals surface area contributed by atoms with Gasteiger partial charge in [0, 0.05) is 5.38 Å². The van der Waals surface area contributed by atoms with Gasteiger partial charge in [-0.3, -0.25) is 0 Å². The molecule has 96 valence electrons. The lowest BCUT2D eigenvalue weighted by molar-refractivity contribution is -0.0436. The first kappa shape index (κ1) is 14.3. The van der Waals surface area contributed by atoms with Crippen LogP contribution in [-0.4, -0.2) is 19.3 Å². The molecule has 0 N–H and O–H groups in total. The van der Waals surface area contributed by atoms with Crippen LogP contribution in [0, 0.1) is 0 Å². The molecule has 2 nitrogen and oxygen atoms in total. The lowest BCUT2D eigenvalue weighted by atomic mass is 10.1. The topological polar surface area (TPSA) is 34.1 Å². The largest absolute Gasteiger partial charge is 0.501 e. The molecule has 0 heterocycles. The van der Waals surface area contributed by atoms with Gasteiger partial charge < -0.3 is 0 Å². The molecule has 1 unspecified atom stereocenters. The summed E-state index contributed by atoms with van der Waals surface area (Å²) in [6.07, 6.45) is 0.0625. The lowest BCUT2D eigenvalue weighted by Gasteiger charge is -2.13. The van der Waals surface area contributed by atoms with Crippen molar-refractivity contribution in [3.05, 3.63) is 29.8 Å². The van der Waals surface area contributed by atoms with Gasteiger partial charge in [-0.05, 0) is 25.0 Å². The maximum atomic E-state index is 12.4. The molecule has 7 heteroatoms. The minimum absolute atomic E-state index is 0.0625. The van der Waals surface area contributed by atoms with Crippen molar-refractivity contribution >= 4 is 21.4 Å². The molecule has 0 radical (unpaired) electrons. The summed E-state index contributed by atoms with van der Waals surface area (Å²) in [4.78, 5) is -0.722. The average molecular weight is 287 g/mol. The van der Waals surface area contributed by atoms with Crippen LogP contribution in [0.3, 0.4) is 0 Å². The van der Waals surface area contributed by atoms with E-state index in [9.17, 15) is 21.6 Å². The van der Waals surface area contributed by atoms with Gasteiger partial charge in [0.1, 0.15) is 0 Å². The van der Waals surface area contributed by atoms with Crippen LogP contribution < -0.4 is 0 Å². The van der Waals surface area contributed by atoms with Gasteiger partial charge in [0.15, 0.2) is 0 Å². The number of rotatable bonds is 3. The van der Waals surface area contributed by atoms with E-state index in [-0.39, 0.29) is 12.0 Å². The molecule has 1 atom stereocenters. The maximum absolute atomic E-state index is 12.4. The van der Waals surface area contributed by atoms with Crippen LogP contribution >= 0.6 is 11.6 Å². The van der Waals surface area contributed by atoms with E-state index in [0.717, 1.165) is 6.07 Å². The summed E-state index contributed by atoms with van der Waals surface area (Å²) in [7, 11) is -5.31. The van der Waals surface area contributed by atoms with Gasteiger partial charge in [0.05, 0.1) is 4.90 Å². The van der Waals surface area contributed by atoms with E-state index < -0.39 is 25.6 Å². The van der Waals surface area contributed by atoms with Gasteiger partial charge in [0.25, 0.3) is 9.84 Å². The predicted octanol–water partition coefficient (Wildman–Crippen LogP) is 3.15. The molecule has 0 aliphatic heterocycles. The number of hydrogen-bond donors (Lipinski definition) is 0. The van der Waals surface area contributed by atoms with Gasteiger partial charge in [-0.25, -0.2) is 8.42 Å². The maximum Gasteiger partial charge on any atom is 0.501 e. The van der Waals surface area contributed by atoms with Crippen molar-refractivity contribution < 1.29 is 21.6 Å². The standard InChI is InChI=1S/C10H10ClF3O2S/c1-7(11)6-8-4-2-3-5-9(8)17(15,16)10(12,13)14/h2-5,7H,6H2,1H3. The van der Waals surface area contributed by atoms with E-state index in [1.165, 1.54) is 18.2 Å². The molecular weight excluding hydrogens is 277 g/mol. The first-order valence-electron chi connectivity index (χ1n) is 4.69. The second-order valence-corrected chi connectivity index (χ2v) is 6.20. The van der Waals surface area contributed by atoms with Crippen molar-refractivity contribution in [1.29, 1.82) is 0 Å². The van der Waals surface area contributed by atoms with Crippen molar-refractivity contribution in [3.8, 4) is 0 Å². The van der Waals surface area contributed by atoms with E-state index in [1.54, 1.807) is 6.92 Å². The number of benzene rings is 1. The van der Waals surface area contributed by atoms with Crippen LogP contribution in [0.5, 0.6) is 0 Å². The summed E-state index contributed by atoms with van der Waals surface area (Å²) >= 11 is 5.67. The van der Waals surface area contributed by atoms with Crippen LogP contribution in [0.25, 0.3) is 0 Å². The highest BCUT2D eigenvalue weighted by Crippen LogP contribution is 2.32. The highest BCUT2D eigenvalue weighted by molar-refractivity contribution is 7.92. The second kappa shape index (κ2) is 4.86. The van der Waals surface area contributed by atoms with E-state index in [2.05, 4.69) is 0 Å². The number of sulfone groups is 1. The molecule has 0 saturated heterocycles. The predicted molar refractivity (Wildman–Crippen MR) is 58.7 cm³/mol. The summed E-state index contributed by atoms with van der Waals surface area (Å²) in [5.74, 6) is 0. The second-order valence-electron chi connectivity index (χ2n) is 3.54. The van der Waals surface area contributed by atoms with Crippen LogP contribution in [0.2, 0.25) is 0 Å². The molecule has 0 aromatic heterocycles. The zero-order valence-corrected chi connectivity index (χ0v) is 10.4. The Labute approximate surface area is 102 Å². The lowest BCUT2D eigenvalue weighted by Crippen LogP contribution is -2.24. The van der Waals surface area contributed by atoms with Crippen molar-refractivity contribution in [2.24, 2.45) is 0 Å². The molecule has 0 aliphatic carbocycles. The fraction of sp³-hybridized carbons (Fsp3) is 0.400. The fourth-order valence-electron chi connectivity index (χ4n) is 1.36. The van der Waals surface area contributed by atoms with Crippen molar-refractivity contribution in [2.45, 2.75) is 29.1 Å². The molecule has 0 bridgehead atoms. The monoisotopic (exact) mass is 286 g/mol. The van der Waals surface area contributed by atoms with Crippen molar-refractivity contribution in [1.82, 2.24) is 0 Å². The zero-order valence-electron chi connectivity index (χ0n) is 8.83. The molecule has 0 fully saturated rings. The Hall–Kier alpha value is -0.750. The highest BCUT2D eigenvalue weighted by Gasteiger charge is 2.47. The Bertz CT molecular complexity index is 495. The zero-order chi connectivity index (χ0) is 13.3.